The van der Waals surface area contributed by atoms with Gasteiger partial charge in [0.05, 0.1) is 32.1 Å². The Morgan fingerprint density at radius 3 is 2.21 bits per heavy atom. The van der Waals surface area contributed by atoms with Gasteiger partial charge in [-0.25, -0.2) is 4.79 Å². The van der Waals surface area contributed by atoms with Crippen LogP contribution in [-0.2, 0) is 14.3 Å². The molecule has 0 amide bonds. The van der Waals surface area contributed by atoms with Gasteiger partial charge in [0.1, 0.15) is 23.1 Å². The molecule has 1 heterocycles. The first-order valence-corrected chi connectivity index (χ1v) is 12.2. The number of nitriles is 1. The van der Waals surface area contributed by atoms with Gasteiger partial charge in [0.25, 0.3) is 0 Å². The molecule has 1 aromatic heterocycles. The van der Waals surface area contributed by atoms with Crippen LogP contribution in [0.15, 0.2) is 95.2 Å². The van der Waals surface area contributed by atoms with Crippen LogP contribution in [0.1, 0.15) is 16.7 Å². The summed E-state index contributed by atoms with van der Waals surface area (Å²) in [5, 5.41) is 9.85. The highest BCUT2D eigenvalue weighted by Gasteiger charge is 2.19. The predicted octanol–water partition coefficient (Wildman–Crippen LogP) is 6.55. The monoisotopic (exact) mass is 525 g/mol. The standard InChI is InChI=1S/C29H23N3O5S/c1-19-10-4-9-15-25(19)38-29-31-26(36-23-13-7-5-11-20(23)17-30)16-27(32-29)37-24-14-8-6-12-21(24)22(18-34-2)28(33)35-3/h4-16,18H,1-3H3/b22-18+. The van der Waals surface area contributed by atoms with Crippen molar-refractivity contribution in [1.29, 1.82) is 5.26 Å². The number of carbonyl (C=O) groups excluding carboxylic acids is 1. The molecule has 0 spiro atoms. The molecule has 0 aliphatic rings. The maximum absolute atomic E-state index is 12.4. The summed E-state index contributed by atoms with van der Waals surface area (Å²) >= 11 is 1.35. The fourth-order valence-electron chi connectivity index (χ4n) is 3.40. The molecule has 4 aromatic rings. The van der Waals surface area contributed by atoms with E-state index in [0.29, 0.717) is 27.8 Å². The Bertz CT molecular complexity index is 1530. The summed E-state index contributed by atoms with van der Waals surface area (Å²) in [7, 11) is 2.73. The Kier molecular flexibility index (Phi) is 8.59. The fourth-order valence-corrected chi connectivity index (χ4v) is 4.25. The minimum absolute atomic E-state index is 0.175. The fraction of sp³-hybridized carbons (Fsp3) is 0.103. The van der Waals surface area contributed by atoms with Gasteiger partial charge in [-0.1, -0.05) is 48.5 Å². The maximum Gasteiger partial charge on any atom is 0.341 e. The number of ether oxygens (including phenoxy) is 4. The predicted molar refractivity (Wildman–Crippen MR) is 142 cm³/mol. The Morgan fingerprint density at radius 1 is 0.895 bits per heavy atom. The Morgan fingerprint density at radius 2 is 1.53 bits per heavy atom. The summed E-state index contributed by atoms with van der Waals surface area (Å²) in [5.74, 6) is 0.470. The highest BCUT2D eigenvalue weighted by molar-refractivity contribution is 7.99. The number of benzene rings is 3. The van der Waals surface area contributed by atoms with E-state index in [1.54, 1.807) is 48.5 Å². The minimum atomic E-state index is -0.585. The summed E-state index contributed by atoms with van der Waals surface area (Å²) in [6, 6.07) is 25.3. The largest absolute Gasteiger partial charge is 0.503 e. The first kappa shape index (κ1) is 26.3. The summed E-state index contributed by atoms with van der Waals surface area (Å²) in [6.45, 7) is 2.00. The topological polar surface area (TPSA) is 104 Å². The normalized spacial score (nSPS) is 10.8. The van der Waals surface area contributed by atoms with Crippen LogP contribution >= 0.6 is 11.8 Å². The molecule has 0 saturated carbocycles. The molecule has 0 saturated heterocycles. The molecule has 0 fully saturated rings. The Labute approximate surface area is 224 Å². The number of para-hydroxylation sites is 2. The third-order valence-corrected chi connectivity index (χ3v) is 6.25. The molecular weight excluding hydrogens is 502 g/mol. The molecule has 4 rings (SSSR count). The first-order chi connectivity index (χ1) is 18.5. The Hall–Kier alpha value is -4.81. The maximum atomic E-state index is 12.4. The summed E-state index contributed by atoms with van der Waals surface area (Å²) in [6.07, 6.45) is 1.29. The zero-order valence-electron chi connectivity index (χ0n) is 20.9. The lowest BCUT2D eigenvalue weighted by atomic mass is 10.1. The quantitative estimate of drug-likeness (QED) is 0.104. The van der Waals surface area contributed by atoms with E-state index in [2.05, 4.69) is 16.0 Å². The molecule has 9 heteroatoms. The van der Waals surface area contributed by atoms with Crippen molar-refractivity contribution in [1.82, 2.24) is 9.97 Å². The van der Waals surface area contributed by atoms with Crippen molar-refractivity contribution < 1.29 is 23.7 Å². The van der Waals surface area contributed by atoms with Crippen LogP contribution in [0, 0.1) is 18.3 Å². The molecule has 3 aromatic carbocycles. The van der Waals surface area contributed by atoms with E-state index in [-0.39, 0.29) is 17.3 Å². The molecule has 38 heavy (non-hydrogen) atoms. The molecule has 8 nitrogen and oxygen atoms in total. The second-order valence-corrected chi connectivity index (χ2v) is 8.77. The van der Waals surface area contributed by atoms with E-state index >= 15 is 0 Å². The average molecular weight is 526 g/mol. The van der Waals surface area contributed by atoms with Crippen molar-refractivity contribution in [2.45, 2.75) is 17.0 Å². The molecule has 190 valence electrons. The van der Waals surface area contributed by atoms with Crippen molar-refractivity contribution >= 4 is 23.3 Å². The van der Waals surface area contributed by atoms with Crippen LogP contribution < -0.4 is 9.47 Å². The first-order valence-electron chi connectivity index (χ1n) is 11.4. The Balaban J connectivity index is 1.76. The lowest BCUT2D eigenvalue weighted by molar-refractivity contribution is -0.133. The molecule has 0 atom stereocenters. The zero-order valence-corrected chi connectivity index (χ0v) is 21.7. The van der Waals surface area contributed by atoms with Gasteiger partial charge >= 0.3 is 5.97 Å². The van der Waals surface area contributed by atoms with E-state index in [1.165, 1.54) is 38.3 Å². The molecule has 0 aliphatic carbocycles. The van der Waals surface area contributed by atoms with Gasteiger partial charge in [-0.05, 0) is 48.5 Å². The van der Waals surface area contributed by atoms with Gasteiger partial charge in [-0.15, -0.1) is 0 Å². The van der Waals surface area contributed by atoms with E-state index < -0.39 is 5.97 Å². The highest BCUT2D eigenvalue weighted by Crippen LogP contribution is 2.35. The SMILES string of the molecule is CO/C=C(/C(=O)OC)c1ccccc1Oc1cc(Oc2ccccc2C#N)nc(Sc2ccccc2C)n1. The van der Waals surface area contributed by atoms with Gasteiger partial charge in [0.15, 0.2) is 5.16 Å². The number of esters is 1. The van der Waals surface area contributed by atoms with E-state index in [1.807, 2.05) is 31.2 Å². The molecule has 0 bridgehead atoms. The third-order valence-electron chi connectivity index (χ3n) is 5.21. The third kappa shape index (κ3) is 6.30. The van der Waals surface area contributed by atoms with Crippen molar-refractivity contribution in [2.75, 3.05) is 14.2 Å². The summed E-state index contributed by atoms with van der Waals surface area (Å²) in [4.78, 5) is 22.5. The number of methoxy groups -OCH3 is 2. The lowest BCUT2D eigenvalue weighted by Crippen LogP contribution is -2.06. The van der Waals surface area contributed by atoms with E-state index in [9.17, 15) is 10.1 Å². The highest BCUT2D eigenvalue weighted by atomic mass is 32.2. The number of nitrogens with zero attached hydrogens (tertiary/aromatic N) is 3. The molecule has 0 N–H and O–H groups in total. The molecule has 0 unspecified atom stereocenters. The van der Waals surface area contributed by atoms with E-state index in [0.717, 1.165) is 10.5 Å². The second-order valence-electron chi connectivity index (χ2n) is 7.76. The van der Waals surface area contributed by atoms with Crippen molar-refractivity contribution in [3.63, 3.8) is 0 Å². The zero-order chi connectivity index (χ0) is 26.9. The number of rotatable bonds is 9. The van der Waals surface area contributed by atoms with E-state index in [4.69, 9.17) is 18.9 Å². The van der Waals surface area contributed by atoms with Crippen molar-refractivity contribution in [3.8, 4) is 29.3 Å². The lowest BCUT2D eigenvalue weighted by Gasteiger charge is -2.14. The van der Waals surface area contributed by atoms with Crippen LogP contribution in [-0.4, -0.2) is 30.2 Å². The smallest absolute Gasteiger partial charge is 0.341 e. The molecular formula is C29H23N3O5S. The van der Waals surface area contributed by atoms with Crippen molar-refractivity contribution in [3.05, 3.63) is 102 Å². The van der Waals surface area contributed by atoms with Crippen LogP contribution in [0.2, 0.25) is 0 Å². The second kappa shape index (κ2) is 12.4. The minimum Gasteiger partial charge on any atom is -0.503 e. The summed E-state index contributed by atoms with van der Waals surface area (Å²) in [5.41, 5.74) is 2.04. The number of hydrogen-bond acceptors (Lipinski definition) is 9. The molecule has 0 radical (unpaired) electrons. The van der Waals surface area contributed by atoms with Gasteiger partial charge in [0, 0.05) is 10.5 Å². The van der Waals surface area contributed by atoms with Crippen LogP contribution in [0.5, 0.6) is 23.3 Å². The molecule has 0 aliphatic heterocycles. The van der Waals surface area contributed by atoms with Crippen LogP contribution in [0.3, 0.4) is 0 Å². The van der Waals surface area contributed by atoms with Crippen molar-refractivity contribution in [2.24, 2.45) is 0 Å². The van der Waals surface area contributed by atoms with Gasteiger partial charge < -0.3 is 18.9 Å². The van der Waals surface area contributed by atoms with Gasteiger partial charge in [-0.2, -0.15) is 15.2 Å². The average Bonchev–Trinajstić information content (AvgIpc) is 2.93. The number of carbonyl (C=O) groups is 1. The number of hydrogen-bond donors (Lipinski definition) is 0. The van der Waals surface area contributed by atoms with Crippen LogP contribution in [0.25, 0.3) is 5.57 Å². The number of aromatic nitrogens is 2. The van der Waals surface area contributed by atoms with Gasteiger partial charge in [0.2, 0.25) is 11.8 Å². The number of aryl methyl sites for hydroxylation is 1. The summed E-state index contributed by atoms with van der Waals surface area (Å²) < 4.78 is 22.2. The van der Waals surface area contributed by atoms with Gasteiger partial charge in [-0.3, -0.25) is 0 Å². The van der Waals surface area contributed by atoms with Crippen LogP contribution in [0.4, 0.5) is 0 Å².